The van der Waals surface area contributed by atoms with E-state index in [1.165, 1.54) is 23.8 Å². The number of aryl methyl sites for hydroxylation is 1. The summed E-state index contributed by atoms with van der Waals surface area (Å²) < 4.78 is 77.8. The molecule has 0 N–H and O–H groups in total. The van der Waals surface area contributed by atoms with E-state index >= 15 is 0 Å². The molecule has 10 heteroatoms. The number of nitrogens with zero attached hydrogens (tertiary/aromatic N) is 3. The van der Waals surface area contributed by atoms with Gasteiger partial charge in [-0.1, -0.05) is 27.7 Å². The summed E-state index contributed by atoms with van der Waals surface area (Å²) in [5.41, 5.74) is 1.98. The van der Waals surface area contributed by atoms with Crippen LogP contribution in [0.15, 0.2) is 41.6 Å². The lowest BCUT2D eigenvalue weighted by atomic mass is 9.89. The van der Waals surface area contributed by atoms with Crippen molar-refractivity contribution in [3.05, 3.63) is 97.9 Å². The van der Waals surface area contributed by atoms with Gasteiger partial charge in [0.2, 0.25) is 0 Å². The number of hydrogen-bond donors (Lipinski definition) is 0. The van der Waals surface area contributed by atoms with Crippen LogP contribution >= 0.6 is 0 Å². The highest BCUT2D eigenvalue weighted by molar-refractivity contribution is 5.82. The molecule has 5 nitrogen and oxygen atoms in total. The van der Waals surface area contributed by atoms with Crippen molar-refractivity contribution in [2.24, 2.45) is 7.05 Å². The van der Waals surface area contributed by atoms with Crippen molar-refractivity contribution in [3.63, 3.8) is 0 Å². The van der Waals surface area contributed by atoms with Gasteiger partial charge in [-0.05, 0) is 79.2 Å². The minimum Gasteiger partial charge on any atom is -0.490 e. The highest BCUT2D eigenvalue weighted by Crippen LogP contribution is 2.39. The first-order chi connectivity index (χ1) is 20.7. The topological polar surface area (TPSA) is 57.0 Å². The van der Waals surface area contributed by atoms with E-state index in [0.717, 1.165) is 24.5 Å². The van der Waals surface area contributed by atoms with Crippen molar-refractivity contribution in [1.82, 2.24) is 14.5 Å². The third-order valence-electron chi connectivity index (χ3n) is 8.51. The van der Waals surface area contributed by atoms with E-state index in [1.807, 2.05) is 13.8 Å². The van der Waals surface area contributed by atoms with Gasteiger partial charge in [0, 0.05) is 48.2 Å². The van der Waals surface area contributed by atoms with Gasteiger partial charge in [0.25, 0.3) is 5.56 Å². The Morgan fingerprint density at radius 3 is 2.20 bits per heavy atom. The maximum absolute atomic E-state index is 14.3. The average Bonchev–Trinajstić information content (AvgIpc) is 3.76. The first kappa shape index (κ1) is 31.6. The number of fused-ring (bicyclic) bond motifs is 1. The number of benzene rings is 1. The lowest BCUT2D eigenvalue weighted by Gasteiger charge is -2.22. The lowest BCUT2D eigenvalue weighted by molar-refractivity contribution is -0.139. The molecule has 1 aromatic carbocycles. The zero-order valence-corrected chi connectivity index (χ0v) is 25.6. The average molecular weight is 614 g/mol. The molecule has 2 unspecified atom stereocenters. The van der Waals surface area contributed by atoms with Crippen LogP contribution in [-0.4, -0.2) is 20.6 Å². The summed E-state index contributed by atoms with van der Waals surface area (Å²) in [4.78, 5) is 22.2. The van der Waals surface area contributed by atoms with Gasteiger partial charge in [0.05, 0.1) is 22.9 Å². The molecule has 0 spiro atoms. The zero-order valence-electron chi connectivity index (χ0n) is 25.6. The minimum atomic E-state index is -4.54. The molecule has 3 heterocycles. The van der Waals surface area contributed by atoms with Crippen molar-refractivity contribution in [1.29, 1.82) is 0 Å². The van der Waals surface area contributed by atoms with Crippen molar-refractivity contribution in [2.75, 3.05) is 0 Å². The fourth-order valence-electron chi connectivity index (χ4n) is 6.00. The van der Waals surface area contributed by atoms with Gasteiger partial charge in [0.15, 0.2) is 11.6 Å². The second-order valence-electron chi connectivity index (χ2n) is 12.4. The van der Waals surface area contributed by atoms with Crippen LogP contribution in [0.1, 0.15) is 97.4 Å². The summed E-state index contributed by atoms with van der Waals surface area (Å²) >= 11 is 0. The fraction of sp³-hybridized carbons (Fsp3) is 0.441. The van der Waals surface area contributed by atoms with Gasteiger partial charge in [-0.25, -0.2) is 8.78 Å². The summed E-state index contributed by atoms with van der Waals surface area (Å²) in [6.45, 7) is 8.52. The summed E-state index contributed by atoms with van der Waals surface area (Å²) in [5, 5.41) is 0.694. The molecule has 234 valence electrons. The lowest BCUT2D eigenvalue weighted by Crippen LogP contribution is -2.25. The van der Waals surface area contributed by atoms with E-state index in [-0.39, 0.29) is 35.3 Å². The number of hydrogen-bond acceptors (Lipinski definition) is 4. The van der Waals surface area contributed by atoms with Crippen LogP contribution in [0.25, 0.3) is 10.9 Å². The molecule has 0 bridgehead atoms. The fourth-order valence-corrected chi connectivity index (χ4v) is 6.00. The van der Waals surface area contributed by atoms with Crippen molar-refractivity contribution >= 4 is 10.9 Å². The van der Waals surface area contributed by atoms with Crippen molar-refractivity contribution in [2.45, 2.75) is 90.3 Å². The molecule has 4 aromatic rings. The molecule has 1 aliphatic carbocycles. The molecule has 5 rings (SSSR count). The monoisotopic (exact) mass is 613 g/mol. The Balaban J connectivity index is 1.48. The largest absolute Gasteiger partial charge is 0.490 e. The van der Waals surface area contributed by atoms with Crippen LogP contribution in [0, 0.1) is 18.6 Å². The summed E-state index contributed by atoms with van der Waals surface area (Å²) in [6, 6.07) is 4.01. The highest BCUT2D eigenvalue weighted by atomic mass is 19.4. The zero-order chi connectivity index (χ0) is 32.1. The summed E-state index contributed by atoms with van der Waals surface area (Å²) in [6.07, 6.45) is 2.56. The van der Waals surface area contributed by atoms with Gasteiger partial charge >= 0.3 is 6.18 Å². The van der Waals surface area contributed by atoms with Gasteiger partial charge < -0.3 is 9.30 Å². The van der Waals surface area contributed by atoms with E-state index < -0.39 is 35.2 Å². The van der Waals surface area contributed by atoms with E-state index in [0.29, 0.717) is 39.8 Å². The summed E-state index contributed by atoms with van der Waals surface area (Å²) in [7, 11) is 1.65. The van der Waals surface area contributed by atoms with Gasteiger partial charge in [-0.2, -0.15) is 13.2 Å². The Kier molecular flexibility index (Phi) is 8.57. The number of alkyl halides is 3. The van der Waals surface area contributed by atoms with Gasteiger partial charge in [-0.3, -0.25) is 14.8 Å². The third kappa shape index (κ3) is 6.21. The molecule has 0 saturated heterocycles. The highest BCUT2D eigenvalue weighted by Gasteiger charge is 2.37. The number of ether oxygens (including phenoxy) is 1. The molecular formula is C34H36F5N3O2. The number of pyridine rings is 3. The number of rotatable bonds is 9. The van der Waals surface area contributed by atoms with Crippen molar-refractivity contribution in [3.8, 4) is 5.75 Å². The standard InChI is InChI=1S/C34H36F5N3O2/c1-17(2)31-30(34(37,38)39)20(5)21(16-41-31)9-19(4)26-11-23-15-40-14-22(32(23)42(6)33(26)43)10-18(3)25-12-27(35)28(36)13-29(25)44-24-7-8-24/h11-19,24H,7-10H2,1-6H3. The maximum atomic E-state index is 14.3. The van der Waals surface area contributed by atoms with E-state index in [2.05, 4.69) is 9.97 Å². The van der Waals surface area contributed by atoms with Crippen LogP contribution in [0.3, 0.4) is 0 Å². The van der Waals surface area contributed by atoms with Crippen LogP contribution in [-0.2, 0) is 26.1 Å². The second kappa shape index (κ2) is 11.9. The van der Waals surface area contributed by atoms with E-state index in [4.69, 9.17) is 4.74 Å². The number of halogens is 5. The van der Waals surface area contributed by atoms with Crippen LogP contribution in [0.5, 0.6) is 5.75 Å². The number of aromatic nitrogens is 3. The molecule has 0 amide bonds. The molecule has 2 atom stereocenters. The first-order valence-electron chi connectivity index (χ1n) is 14.8. The predicted molar refractivity (Wildman–Crippen MR) is 159 cm³/mol. The molecular weight excluding hydrogens is 577 g/mol. The SMILES string of the molecule is Cc1c(CC(C)c2cc3cncc(CC(C)c4cc(F)c(F)cc4OC4CC4)c3n(C)c2=O)cnc(C(C)C)c1C(F)(F)F. The minimum absolute atomic E-state index is 0.000900. The normalized spacial score (nSPS) is 15.2. The maximum Gasteiger partial charge on any atom is 0.418 e. The Hall–Kier alpha value is -3.82. The van der Waals surface area contributed by atoms with Gasteiger partial charge in [0.1, 0.15) is 5.75 Å². The molecule has 0 aliphatic heterocycles. The molecule has 3 aromatic heterocycles. The summed E-state index contributed by atoms with van der Waals surface area (Å²) in [5.74, 6) is -2.69. The van der Waals surface area contributed by atoms with Crippen molar-refractivity contribution < 1.29 is 26.7 Å². The second-order valence-corrected chi connectivity index (χ2v) is 12.4. The van der Waals surface area contributed by atoms with Crippen LogP contribution < -0.4 is 10.3 Å². The quantitative estimate of drug-likeness (QED) is 0.178. The first-order valence-corrected chi connectivity index (χ1v) is 14.8. The molecule has 1 saturated carbocycles. The van der Waals surface area contributed by atoms with Crippen LogP contribution in [0.4, 0.5) is 22.0 Å². The predicted octanol–water partition coefficient (Wildman–Crippen LogP) is 8.29. The molecule has 44 heavy (non-hydrogen) atoms. The smallest absolute Gasteiger partial charge is 0.418 e. The molecule has 0 radical (unpaired) electrons. The Bertz CT molecular complexity index is 1780. The van der Waals surface area contributed by atoms with E-state index in [1.54, 1.807) is 39.4 Å². The molecule has 1 fully saturated rings. The van der Waals surface area contributed by atoms with E-state index in [9.17, 15) is 26.7 Å². The Labute approximate surface area is 253 Å². The van der Waals surface area contributed by atoms with Gasteiger partial charge in [-0.15, -0.1) is 0 Å². The Morgan fingerprint density at radius 1 is 0.932 bits per heavy atom. The van der Waals surface area contributed by atoms with Crippen LogP contribution in [0.2, 0.25) is 0 Å². The molecule has 1 aliphatic rings. The third-order valence-corrected chi connectivity index (χ3v) is 8.51. The Morgan fingerprint density at radius 2 is 1.57 bits per heavy atom.